The first-order valence-electron chi connectivity index (χ1n) is 4.54. The number of hydrogen-bond donors (Lipinski definition) is 1. The first-order chi connectivity index (χ1) is 7.20. The molecular weight excluding hydrogens is 210 g/mol. The molecule has 1 unspecified atom stereocenters. The highest BCUT2D eigenvalue weighted by atomic mass is 32.1. The van der Waals surface area contributed by atoms with E-state index >= 15 is 0 Å². The van der Waals surface area contributed by atoms with Gasteiger partial charge in [0.1, 0.15) is 6.07 Å². The maximum atomic E-state index is 11.6. The number of aromatic nitrogens is 1. The summed E-state index contributed by atoms with van der Waals surface area (Å²) in [7, 11) is 0. The number of rotatable bonds is 1. The van der Waals surface area contributed by atoms with E-state index in [1.807, 2.05) is 6.07 Å². The molecule has 0 bridgehead atoms. The van der Waals surface area contributed by atoms with Crippen LogP contribution in [0.4, 0.5) is 5.69 Å². The molecule has 76 valence electrons. The minimum Gasteiger partial charge on any atom is -0.310 e. The second-order valence-electron chi connectivity index (χ2n) is 3.41. The predicted octanol–water partition coefficient (Wildman–Crippen LogP) is 0.988. The first-order valence-corrected chi connectivity index (χ1v) is 5.06. The van der Waals surface area contributed by atoms with Crippen LogP contribution in [0.5, 0.6) is 0 Å². The van der Waals surface area contributed by atoms with Gasteiger partial charge in [-0.25, -0.2) is 0 Å². The summed E-state index contributed by atoms with van der Waals surface area (Å²) in [6.07, 6.45) is 3.51. The van der Waals surface area contributed by atoms with Crippen molar-refractivity contribution < 1.29 is 4.79 Å². The Labute approximate surface area is 92.9 Å². The number of nitriles is 1. The number of amides is 1. The molecule has 5 heteroatoms. The molecule has 1 aliphatic rings. The van der Waals surface area contributed by atoms with Gasteiger partial charge in [0, 0.05) is 24.4 Å². The van der Waals surface area contributed by atoms with Crippen LogP contribution in [-0.2, 0) is 4.79 Å². The van der Waals surface area contributed by atoms with Gasteiger partial charge in [0.05, 0.1) is 17.4 Å². The highest BCUT2D eigenvalue weighted by Gasteiger charge is 2.28. The van der Waals surface area contributed by atoms with Crippen LogP contribution >= 0.6 is 12.6 Å². The van der Waals surface area contributed by atoms with Gasteiger partial charge in [-0.1, -0.05) is 0 Å². The lowest BCUT2D eigenvalue weighted by Crippen LogP contribution is -2.24. The van der Waals surface area contributed by atoms with Crippen LogP contribution in [0.1, 0.15) is 12.0 Å². The molecule has 2 heterocycles. The van der Waals surface area contributed by atoms with Gasteiger partial charge < -0.3 is 4.90 Å². The highest BCUT2D eigenvalue weighted by molar-refractivity contribution is 7.81. The zero-order chi connectivity index (χ0) is 10.8. The van der Waals surface area contributed by atoms with Gasteiger partial charge >= 0.3 is 0 Å². The monoisotopic (exact) mass is 219 g/mol. The predicted molar refractivity (Wildman–Crippen MR) is 58.7 cm³/mol. The second kappa shape index (κ2) is 3.91. The van der Waals surface area contributed by atoms with E-state index in [4.69, 9.17) is 5.26 Å². The molecule has 15 heavy (non-hydrogen) atoms. The van der Waals surface area contributed by atoms with Crippen LogP contribution < -0.4 is 4.90 Å². The molecule has 0 aromatic carbocycles. The number of pyridine rings is 1. The van der Waals surface area contributed by atoms with Crippen LogP contribution in [0, 0.1) is 11.3 Å². The van der Waals surface area contributed by atoms with E-state index in [2.05, 4.69) is 17.6 Å². The molecule has 0 spiro atoms. The fourth-order valence-electron chi connectivity index (χ4n) is 1.57. The normalized spacial score (nSPS) is 20.4. The Morgan fingerprint density at radius 3 is 3.00 bits per heavy atom. The number of carbonyl (C=O) groups excluding carboxylic acids is 1. The summed E-state index contributed by atoms with van der Waals surface area (Å²) in [5.41, 5.74) is 1.14. The Bertz CT molecular complexity index is 441. The van der Waals surface area contributed by atoms with Gasteiger partial charge in [-0.15, -0.1) is 0 Å². The number of anilines is 1. The molecule has 1 aromatic rings. The number of hydrogen-bond acceptors (Lipinski definition) is 4. The van der Waals surface area contributed by atoms with Crippen molar-refractivity contribution in [2.24, 2.45) is 0 Å². The molecule has 0 radical (unpaired) electrons. The van der Waals surface area contributed by atoms with E-state index in [0.29, 0.717) is 24.2 Å². The summed E-state index contributed by atoms with van der Waals surface area (Å²) in [5, 5.41) is 8.79. The van der Waals surface area contributed by atoms with Crippen LogP contribution in [0.2, 0.25) is 0 Å². The molecule has 1 aliphatic heterocycles. The largest absolute Gasteiger partial charge is 0.310 e. The van der Waals surface area contributed by atoms with Crippen molar-refractivity contribution in [3.8, 4) is 6.07 Å². The van der Waals surface area contributed by atoms with E-state index in [-0.39, 0.29) is 11.2 Å². The Kier molecular flexibility index (Phi) is 2.60. The molecule has 0 N–H and O–H groups in total. The van der Waals surface area contributed by atoms with Crippen molar-refractivity contribution in [2.45, 2.75) is 11.7 Å². The summed E-state index contributed by atoms with van der Waals surface area (Å²) in [4.78, 5) is 17.1. The van der Waals surface area contributed by atoms with E-state index in [0.717, 1.165) is 0 Å². The second-order valence-corrected chi connectivity index (χ2v) is 4.14. The summed E-state index contributed by atoms with van der Waals surface area (Å²) in [6, 6.07) is 3.66. The quantitative estimate of drug-likeness (QED) is 0.716. The molecule has 2 rings (SSSR count). The van der Waals surface area contributed by atoms with Crippen molar-refractivity contribution in [3.05, 3.63) is 24.0 Å². The summed E-state index contributed by atoms with van der Waals surface area (Å²) in [6.45, 7) is 0.582. The summed E-state index contributed by atoms with van der Waals surface area (Å²) in [5.74, 6) is 0.0342. The summed E-state index contributed by atoms with van der Waals surface area (Å²) < 4.78 is 0. The van der Waals surface area contributed by atoms with E-state index in [1.54, 1.807) is 17.2 Å². The van der Waals surface area contributed by atoms with Crippen molar-refractivity contribution in [1.82, 2.24) is 4.98 Å². The lowest BCUT2D eigenvalue weighted by molar-refractivity contribution is -0.117. The number of thiol groups is 1. The maximum Gasteiger partial charge on any atom is 0.228 e. The molecule has 4 nitrogen and oxygen atoms in total. The van der Waals surface area contributed by atoms with Gasteiger partial charge in [0.15, 0.2) is 0 Å². The van der Waals surface area contributed by atoms with Gasteiger partial charge in [-0.3, -0.25) is 9.78 Å². The molecule has 1 atom stereocenters. The standard InChI is InChI=1S/C10H9N3OS/c11-3-7-1-8(5-12-4-7)13-6-9(15)2-10(13)14/h1,4-5,9,15H,2,6H2. The van der Waals surface area contributed by atoms with Crippen LogP contribution in [0.3, 0.4) is 0 Å². The van der Waals surface area contributed by atoms with E-state index < -0.39 is 0 Å². The third-order valence-electron chi connectivity index (χ3n) is 2.27. The molecule has 0 aliphatic carbocycles. The van der Waals surface area contributed by atoms with Crippen molar-refractivity contribution in [3.63, 3.8) is 0 Å². The van der Waals surface area contributed by atoms with Crippen LogP contribution in [0.25, 0.3) is 0 Å². The molecule has 1 fully saturated rings. The van der Waals surface area contributed by atoms with E-state index in [9.17, 15) is 4.79 Å². The zero-order valence-electron chi connectivity index (χ0n) is 7.92. The Morgan fingerprint density at radius 2 is 2.40 bits per heavy atom. The average Bonchev–Trinajstić information content (AvgIpc) is 2.58. The lowest BCUT2D eigenvalue weighted by Gasteiger charge is -2.15. The number of carbonyl (C=O) groups is 1. The van der Waals surface area contributed by atoms with Gasteiger partial charge in [0.25, 0.3) is 0 Å². The van der Waals surface area contributed by atoms with Crippen LogP contribution in [-0.4, -0.2) is 22.7 Å². The third-order valence-corrected chi connectivity index (χ3v) is 2.62. The van der Waals surface area contributed by atoms with Crippen molar-refractivity contribution >= 4 is 24.2 Å². The molecular formula is C10H9N3OS. The highest BCUT2D eigenvalue weighted by Crippen LogP contribution is 2.23. The van der Waals surface area contributed by atoms with Gasteiger partial charge in [0.2, 0.25) is 5.91 Å². The maximum absolute atomic E-state index is 11.6. The molecule has 1 saturated heterocycles. The SMILES string of the molecule is N#Cc1cncc(N2CC(S)CC2=O)c1. The lowest BCUT2D eigenvalue weighted by atomic mass is 10.3. The van der Waals surface area contributed by atoms with Crippen molar-refractivity contribution in [1.29, 1.82) is 5.26 Å². The fraction of sp³-hybridized carbons (Fsp3) is 0.300. The van der Waals surface area contributed by atoms with Gasteiger partial charge in [-0.2, -0.15) is 17.9 Å². The topological polar surface area (TPSA) is 57.0 Å². The fourth-order valence-corrected chi connectivity index (χ4v) is 1.89. The first kappa shape index (κ1) is 9.99. The average molecular weight is 219 g/mol. The number of nitrogens with zero attached hydrogens (tertiary/aromatic N) is 3. The Balaban J connectivity index is 2.30. The molecule has 1 amide bonds. The Hall–Kier alpha value is -1.54. The van der Waals surface area contributed by atoms with E-state index in [1.165, 1.54) is 6.20 Å². The van der Waals surface area contributed by atoms with Gasteiger partial charge in [-0.05, 0) is 6.07 Å². The minimum absolute atomic E-state index is 0.0342. The third kappa shape index (κ3) is 1.95. The molecule has 0 saturated carbocycles. The minimum atomic E-state index is 0.0342. The Morgan fingerprint density at radius 1 is 1.60 bits per heavy atom. The van der Waals surface area contributed by atoms with Crippen LogP contribution in [0.15, 0.2) is 18.5 Å². The smallest absolute Gasteiger partial charge is 0.228 e. The summed E-state index contributed by atoms with van der Waals surface area (Å²) >= 11 is 4.26. The zero-order valence-corrected chi connectivity index (χ0v) is 8.82. The molecule has 1 aromatic heterocycles. The van der Waals surface area contributed by atoms with Crippen molar-refractivity contribution in [2.75, 3.05) is 11.4 Å².